The van der Waals surface area contributed by atoms with Crippen molar-refractivity contribution in [2.24, 2.45) is 0 Å². The van der Waals surface area contributed by atoms with Crippen molar-refractivity contribution in [1.29, 1.82) is 0 Å². The molecule has 5 rings (SSSR count). The Labute approximate surface area is 193 Å². The van der Waals surface area contributed by atoms with Gasteiger partial charge in [0.2, 0.25) is 5.95 Å². The zero-order chi connectivity index (χ0) is 24.2. The zero-order valence-corrected chi connectivity index (χ0v) is 18.9. The van der Waals surface area contributed by atoms with Crippen molar-refractivity contribution in [3.8, 4) is 0 Å². The summed E-state index contributed by atoms with van der Waals surface area (Å²) >= 11 is 0. The van der Waals surface area contributed by atoms with E-state index in [2.05, 4.69) is 32.0 Å². The molecule has 1 saturated heterocycles. The van der Waals surface area contributed by atoms with E-state index in [1.165, 1.54) is 10.6 Å². The van der Waals surface area contributed by atoms with Gasteiger partial charge < -0.3 is 20.8 Å². The summed E-state index contributed by atoms with van der Waals surface area (Å²) in [5, 5.41) is 28.5. The number of benzene rings is 1. The number of hydrogen-bond donors (Lipinski definition) is 3. The Morgan fingerprint density at radius 1 is 1.24 bits per heavy atom. The normalized spacial score (nSPS) is 20.8. The number of hydrogen-bond acceptors (Lipinski definition) is 8. The standard InChI is InChI=1S/C22H26F2N8O2/c1-12-3-4-13(8-31(12)15-7-26-30(9-15)10-22(2,34)11-33)19-28-20-16-5-14(23)6-17(24)18(16)27-21(25)32(20)29-19/h5-7,9,12-13,33-34H,3-4,8,10-11H2,1-2H3,(H2,25,27)/t12-,13+,22+/m0/s1. The van der Waals surface area contributed by atoms with Crippen LogP contribution in [0.3, 0.4) is 0 Å². The Hall–Kier alpha value is -3.38. The minimum absolute atomic E-state index is 0.0231. The molecule has 12 heteroatoms. The van der Waals surface area contributed by atoms with Gasteiger partial charge in [-0.2, -0.15) is 9.61 Å². The summed E-state index contributed by atoms with van der Waals surface area (Å²) in [6.07, 6.45) is 5.26. The van der Waals surface area contributed by atoms with Crippen LogP contribution in [0, 0.1) is 11.6 Å². The number of nitrogen functional groups attached to an aromatic ring is 1. The van der Waals surface area contributed by atoms with Gasteiger partial charge in [0.25, 0.3) is 0 Å². The third-order valence-corrected chi connectivity index (χ3v) is 6.38. The second kappa shape index (κ2) is 8.13. The number of aliphatic hydroxyl groups excluding tert-OH is 1. The van der Waals surface area contributed by atoms with Crippen molar-refractivity contribution in [1.82, 2.24) is 29.4 Å². The number of fused-ring (bicyclic) bond motifs is 3. The van der Waals surface area contributed by atoms with Gasteiger partial charge in [-0.3, -0.25) is 4.68 Å². The maximum atomic E-state index is 14.3. The molecule has 180 valence electrons. The van der Waals surface area contributed by atoms with Gasteiger partial charge in [-0.25, -0.2) is 18.7 Å². The average Bonchev–Trinajstić information content (AvgIpc) is 3.43. The highest BCUT2D eigenvalue weighted by Gasteiger charge is 2.31. The van der Waals surface area contributed by atoms with E-state index < -0.39 is 17.2 Å². The Balaban J connectivity index is 1.47. The van der Waals surface area contributed by atoms with Crippen molar-refractivity contribution < 1.29 is 19.0 Å². The lowest BCUT2D eigenvalue weighted by atomic mass is 9.92. The van der Waals surface area contributed by atoms with Gasteiger partial charge in [0.05, 0.1) is 30.4 Å². The molecule has 0 radical (unpaired) electrons. The summed E-state index contributed by atoms with van der Waals surface area (Å²) in [4.78, 5) is 10.9. The summed E-state index contributed by atoms with van der Waals surface area (Å²) in [6, 6.07) is 2.19. The first-order chi connectivity index (χ1) is 16.1. The van der Waals surface area contributed by atoms with Crippen LogP contribution >= 0.6 is 0 Å². The van der Waals surface area contributed by atoms with Crippen molar-refractivity contribution in [2.45, 2.75) is 50.8 Å². The van der Waals surface area contributed by atoms with Gasteiger partial charge in [-0.1, -0.05) is 0 Å². The van der Waals surface area contributed by atoms with E-state index in [-0.39, 0.29) is 47.6 Å². The lowest BCUT2D eigenvalue weighted by molar-refractivity contribution is -0.0145. The predicted octanol–water partition coefficient (Wildman–Crippen LogP) is 1.85. The molecule has 4 N–H and O–H groups in total. The Morgan fingerprint density at radius 3 is 2.79 bits per heavy atom. The van der Waals surface area contributed by atoms with E-state index in [0.29, 0.717) is 12.4 Å². The van der Waals surface area contributed by atoms with Gasteiger partial charge >= 0.3 is 0 Å². The van der Waals surface area contributed by atoms with Crippen LogP contribution in [0.1, 0.15) is 38.4 Å². The van der Waals surface area contributed by atoms with Crippen LogP contribution in [0.15, 0.2) is 24.5 Å². The molecular formula is C22H26F2N8O2. The summed E-state index contributed by atoms with van der Waals surface area (Å²) < 4.78 is 31.1. The largest absolute Gasteiger partial charge is 0.393 e. The van der Waals surface area contributed by atoms with Crippen molar-refractivity contribution in [3.05, 3.63) is 42.0 Å². The molecule has 34 heavy (non-hydrogen) atoms. The first-order valence-corrected chi connectivity index (χ1v) is 11.1. The van der Waals surface area contributed by atoms with Crippen LogP contribution in [-0.4, -0.2) is 64.4 Å². The molecule has 0 amide bonds. The number of anilines is 2. The average molecular weight is 473 g/mol. The SMILES string of the molecule is C[C@H]1CC[C@@H](c2nc3c4cc(F)cc(F)c4nc(N)n3n2)CN1c1cnn(C[C@@](C)(O)CO)c1. The molecule has 1 fully saturated rings. The number of aliphatic hydroxyl groups is 2. The van der Waals surface area contributed by atoms with E-state index in [1.54, 1.807) is 17.8 Å². The molecule has 10 nitrogen and oxygen atoms in total. The monoisotopic (exact) mass is 472 g/mol. The molecule has 1 aromatic carbocycles. The van der Waals surface area contributed by atoms with Gasteiger partial charge in [0.15, 0.2) is 17.3 Å². The Bertz CT molecular complexity index is 1370. The first kappa shape index (κ1) is 22.4. The molecule has 1 aliphatic rings. The smallest absolute Gasteiger partial charge is 0.223 e. The third kappa shape index (κ3) is 3.92. The minimum Gasteiger partial charge on any atom is -0.393 e. The fourth-order valence-electron chi connectivity index (χ4n) is 4.51. The van der Waals surface area contributed by atoms with Crippen molar-refractivity contribution in [3.63, 3.8) is 0 Å². The van der Waals surface area contributed by atoms with Gasteiger partial charge in [-0.15, -0.1) is 5.10 Å². The maximum absolute atomic E-state index is 14.3. The zero-order valence-electron chi connectivity index (χ0n) is 18.9. The van der Waals surface area contributed by atoms with E-state index in [0.717, 1.165) is 24.6 Å². The van der Waals surface area contributed by atoms with Crippen molar-refractivity contribution in [2.75, 3.05) is 23.8 Å². The second-order valence-corrected chi connectivity index (χ2v) is 9.29. The number of aromatic nitrogens is 6. The number of piperidine rings is 1. The molecular weight excluding hydrogens is 446 g/mol. The van der Waals surface area contributed by atoms with Crippen LogP contribution in [0.4, 0.5) is 20.4 Å². The lowest BCUT2D eigenvalue weighted by Crippen LogP contribution is -2.41. The van der Waals surface area contributed by atoms with Crippen LogP contribution < -0.4 is 10.6 Å². The van der Waals surface area contributed by atoms with E-state index in [4.69, 9.17) is 5.73 Å². The van der Waals surface area contributed by atoms with Crippen LogP contribution in [0.25, 0.3) is 16.6 Å². The molecule has 0 spiro atoms. The summed E-state index contributed by atoms with van der Waals surface area (Å²) in [7, 11) is 0. The molecule has 0 unspecified atom stereocenters. The fourth-order valence-corrected chi connectivity index (χ4v) is 4.51. The summed E-state index contributed by atoms with van der Waals surface area (Å²) in [5.74, 6) is -1.07. The van der Waals surface area contributed by atoms with E-state index >= 15 is 0 Å². The Morgan fingerprint density at radius 2 is 2.03 bits per heavy atom. The summed E-state index contributed by atoms with van der Waals surface area (Å²) in [5.41, 5.74) is 5.84. The van der Waals surface area contributed by atoms with E-state index in [9.17, 15) is 19.0 Å². The number of halogens is 2. The highest BCUT2D eigenvalue weighted by atomic mass is 19.1. The minimum atomic E-state index is -1.27. The van der Waals surface area contributed by atoms with Crippen LogP contribution in [0.5, 0.6) is 0 Å². The molecule has 0 aliphatic carbocycles. The highest BCUT2D eigenvalue weighted by Crippen LogP contribution is 2.33. The fraction of sp³-hybridized carbons (Fsp3) is 0.455. The molecule has 3 atom stereocenters. The van der Waals surface area contributed by atoms with Gasteiger partial charge in [0, 0.05) is 30.8 Å². The Kier molecular flexibility index (Phi) is 5.36. The van der Waals surface area contributed by atoms with E-state index in [1.807, 2.05) is 6.20 Å². The topological polar surface area (TPSA) is 131 Å². The molecule has 1 aliphatic heterocycles. The predicted molar refractivity (Wildman–Crippen MR) is 121 cm³/mol. The first-order valence-electron chi connectivity index (χ1n) is 11.1. The van der Waals surface area contributed by atoms with Gasteiger partial charge in [0.1, 0.15) is 16.9 Å². The second-order valence-electron chi connectivity index (χ2n) is 9.29. The molecule has 4 heterocycles. The number of rotatable bonds is 5. The lowest BCUT2D eigenvalue weighted by Gasteiger charge is -2.37. The highest BCUT2D eigenvalue weighted by molar-refractivity contribution is 5.92. The van der Waals surface area contributed by atoms with Crippen molar-refractivity contribution >= 4 is 28.2 Å². The molecule has 0 saturated carbocycles. The van der Waals surface area contributed by atoms with Crippen LogP contribution in [0.2, 0.25) is 0 Å². The van der Waals surface area contributed by atoms with Crippen LogP contribution in [-0.2, 0) is 6.54 Å². The molecule has 3 aromatic heterocycles. The van der Waals surface area contributed by atoms with Gasteiger partial charge in [-0.05, 0) is 32.8 Å². The quantitative estimate of drug-likeness (QED) is 0.401. The third-order valence-electron chi connectivity index (χ3n) is 6.38. The molecule has 0 bridgehead atoms. The summed E-state index contributed by atoms with van der Waals surface area (Å²) in [6.45, 7) is 4.06. The number of nitrogens with two attached hydrogens (primary N) is 1. The molecule has 4 aromatic rings. The maximum Gasteiger partial charge on any atom is 0.223 e. The number of nitrogens with zero attached hydrogens (tertiary/aromatic N) is 7.